The molecule has 0 spiro atoms. The van der Waals surface area contributed by atoms with Crippen LogP contribution in [-0.4, -0.2) is 29.9 Å². The third kappa shape index (κ3) is 17.5. The summed E-state index contributed by atoms with van der Waals surface area (Å²) in [4.78, 5) is 21.2. The lowest BCUT2D eigenvalue weighted by Crippen LogP contribution is -2.16. The van der Waals surface area contributed by atoms with Crippen molar-refractivity contribution >= 4 is 11.8 Å². The third-order valence-electron chi connectivity index (χ3n) is 4.45. The highest BCUT2D eigenvalue weighted by Crippen LogP contribution is 2.09. The number of rotatable bonds is 19. The standard InChI is InChI=1S/C20H39NO3/c1-2-3-4-5-8-11-14-17-21-18-15-12-9-6-7-10-13-16-19(22)20(23)24/h21H,2-18H2,1H3,(H,23,24). The van der Waals surface area contributed by atoms with E-state index in [9.17, 15) is 9.59 Å². The highest BCUT2D eigenvalue weighted by molar-refractivity contribution is 6.32. The van der Waals surface area contributed by atoms with Gasteiger partial charge >= 0.3 is 5.97 Å². The van der Waals surface area contributed by atoms with Gasteiger partial charge in [0.2, 0.25) is 5.78 Å². The average Bonchev–Trinajstić information content (AvgIpc) is 2.57. The maximum atomic E-state index is 10.9. The van der Waals surface area contributed by atoms with Crippen molar-refractivity contribution in [3.8, 4) is 0 Å². The number of unbranched alkanes of at least 4 members (excludes halogenated alkanes) is 12. The topological polar surface area (TPSA) is 66.4 Å². The molecule has 2 N–H and O–H groups in total. The lowest BCUT2D eigenvalue weighted by molar-refractivity contribution is -0.149. The van der Waals surface area contributed by atoms with E-state index in [2.05, 4.69) is 12.2 Å². The normalized spacial score (nSPS) is 10.9. The van der Waals surface area contributed by atoms with Crippen molar-refractivity contribution < 1.29 is 14.7 Å². The van der Waals surface area contributed by atoms with Crippen LogP contribution < -0.4 is 5.32 Å². The van der Waals surface area contributed by atoms with Crippen LogP contribution in [0.25, 0.3) is 0 Å². The molecule has 0 atom stereocenters. The third-order valence-corrected chi connectivity index (χ3v) is 4.45. The fourth-order valence-electron chi connectivity index (χ4n) is 2.86. The lowest BCUT2D eigenvalue weighted by Gasteiger charge is -2.05. The van der Waals surface area contributed by atoms with Gasteiger partial charge in [-0.1, -0.05) is 77.6 Å². The molecule has 0 aliphatic carbocycles. The Balaban J connectivity index is 3.05. The lowest BCUT2D eigenvalue weighted by atomic mass is 10.1. The minimum absolute atomic E-state index is 0.192. The van der Waals surface area contributed by atoms with E-state index < -0.39 is 11.8 Å². The molecule has 24 heavy (non-hydrogen) atoms. The van der Waals surface area contributed by atoms with Gasteiger partial charge in [0.15, 0.2) is 0 Å². The molecule has 0 radical (unpaired) electrons. The van der Waals surface area contributed by atoms with E-state index in [4.69, 9.17) is 5.11 Å². The smallest absolute Gasteiger partial charge is 0.372 e. The Bertz CT molecular complexity index is 305. The van der Waals surface area contributed by atoms with Gasteiger partial charge in [0.1, 0.15) is 0 Å². The second-order valence-corrected chi connectivity index (χ2v) is 6.82. The number of Topliss-reactive ketones (excluding diaryl/α,β-unsaturated/α-hetero) is 1. The van der Waals surface area contributed by atoms with Crippen LogP contribution in [0.4, 0.5) is 0 Å². The van der Waals surface area contributed by atoms with Crippen LogP contribution in [0.1, 0.15) is 103 Å². The monoisotopic (exact) mass is 341 g/mol. The molecule has 0 fully saturated rings. The molecule has 0 amide bonds. The molecule has 0 heterocycles. The summed E-state index contributed by atoms with van der Waals surface area (Å²) in [6.07, 6.45) is 17.5. The number of nitrogens with one attached hydrogen (secondary N) is 1. The van der Waals surface area contributed by atoms with Crippen LogP contribution in [-0.2, 0) is 9.59 Å². The van der Waals surface area contributed by atoms with E-state index >= 15 is 0 Å². The van der Waals surface area contributed by atoms with Gasteiger partial charge in [-0.15, -0.1) is 0 Å². The molecule has 4 heteroatoms. The maximum absolute atomic E-state index is 10.9. The molecule has 0 bridgehead atoms. The minimum Gasteiger partial charge on any atom is -0.476 e. The van der Waals surface area contributed by atoms with E-state index in [1.54, 1.807) is 0 Å². The molecule has 4 nitrogen and oxygen atoms in total. The second kappa shape index (κ2) is 18.4. The largest absolute Gasteiger partial charge is 0.476 e. The molecule has 0 aliphatic heterocycles. The SMILES string of the molecule is CCCCCCCCCNCCCCCCCCCC(=O)C(=O)O. The van der Waals surface area contributed by atoms with Crippen molar-refractivity contribution in [3.05, 3.63) is 0 Å². The van der Waals surface area contributed by atoms with E-state index in [1.165, 1.54) is 70.6 Å². The van der Waals surface area contributed by atoms with Crippen molar-refractivity contribution in [3.63, 3.8) is 0 Å². The molecule has 0 aromatic heterocycles. The Kier molecular flexibility index (Phi) is 17.7. The number of aliphatic carboxylic acids is 1. The number of carbonyl (C=O) groups is 2. The maximum Gasteiger partial charge on any atom is 0.372 e. The molecule has 142 valence electrons. The number of carbonyl (C=O) groups excluding carboxylic acids is 1. The number of hydrogen-bond acceptors (Lipinski definition) is 3. The van der Waals surface area contributed by atoms with Crippen LogP contribution in [0.2, 0.25) is 0 Å². The van der Waals surface area contributed by atoms with Crippen LogP contribution in [0.5, 0.6) is 0 Å². The number of ketones is 1. The molecular formula is C20H39NO3. The van der Waals surface area contributed by atoms with Crippen molar-refractivity contribution in [2.24, 2.45) is 0 Å². The first-order valence-corrected chi connectivity index (χ1v) is 10.1. The van der Waals surface area contributed by atoms with Crippen LogP contribution >= 0.6 is 0 Å². The van der Waals surface area contributed by atoms with E-state index in [0.29, 0.717) is 6.42 Å². The van der Waals surface area contributed by atoms with Crippen LogP contribution in [0.3, 0.4) is 0 Å². The van der Waals surface area contributed by atoms with Gasteiger partial charge < -0.3 is 10.4 Å². The Morgan fingerprint density at radius 3 is 1.54 bits per heavy atom. The first kappa shape index (κ1) is 23.1. The minimum atomic E-state index is -1.29. The summed E-state index contributed by atoms with van der Waals surface area (Å²) in [5, 5.41) is 12.0. The van der Waals surface area contributed by atoms with E-state index in [0.717, 1.165) is 25.9 Å². The van der Waals surface area contributed by atoms with Gasteiger partial charge in [-0.05, 0) is 32.4 Å². The fraction of sp³-hybridized carbons (Fsp3) is 0.900. The first-order valence-electron chi connectivity index (χ1n) is 10.1. The van der Waals surface area contributed by atoms with Gasteiger partial charge in [-0.3, -0.25) is 4.79 Å². The highest BCUT2D eigenvalue weighted by Gasteiger charge is 2.09. The van der Waals surface area contributed by atoms with Gasteiger partial charge in [0.25, 0.3) is 0 Å². The highest BCUT2D eigenvalue weighted by atomic mass is 16.4. The Morgan fingerprint density at radius 2 is 1.08 bits per heavy atom. The van der Waals surface area contributed by atoms with Crippen LogP contribution in [0.15, 0.2) is 0 Å². The summed E-state index contributed by atoms with van der Waals surface area (Å²) >= 11 is 0. The zero-order valence-electron chi connectivity index (χ0n) is 15.8. The molecule has 0 aromatic rings. The first-order chi connectivity index (χ1) is 11.7. The molecule has 0 aliphatic rings. The van der Waals surface area contributed by atoms with Gasteiger partial charge in [0, 0.05) is 6.42 Å². The van der Waals surface area contributed by atoms with Crippen molar-refractivity contribution in [2.75, 3.05) is 13.1 Å². The Hall–Kier alpha value is -0.900. The van der Waals surface area contributed by atoms with E-state index in [-0.39, 0.29) is 6.42 Å². The summed E-state index contributed by atoms with van der Waals surface area (Å²) in [6.45, 7) is 4.54. The van der Waals surface area contributed by atoms with Gasteiger partial charge in [-0.25, -0.2) is 4.79 Å². The van der Waals surface area contributed by atoms with Gasteiger partial charge in [0.05, 0.1) is 0 Å². The molecule has 0 saturated carbocycles. The molecule has 0 aromatic carbocycles. The van der Waals surface area contributed by atoms with Gasteiger partial charge in [-0.2, -0.15) is 0 Å². The summed E-state index contributed by atoms with van der Waals surface area (Å²) in [5.74, 6) is -1.94. The summed E-state index contributed by atoms with van der Waals surface area (Å²) in [6, 6.07) is 0. The molecule has 0 unspecified atom stereocenters. The molecular weight excluding hydrogens is 302 g/mol. The van der Waals surface area contributed by atoms with Crippen LogP contribution in [0, 0.1) is 0 Å². The number of carboxylic acid groups (broad SMARTS) is 1. The zero-order chi connectivity index (χ0) is 17.9. The average molecular weight is 342 g/mol. The van der Waals surface area contributed by atoms with Crippen molar-refractivity contribution in [2.45, 2.75) is 103 Å². The summed E-state index contributed by atoms with van der Waals surface area (Å²) < 4.78 is 0. The predicted molar refractivity (Wildman–Crippen MR) is 100 cm³/mol. The molecule has 0 saturated heterocycles. The molecule has 0 rings (SSSR count). The Labute approximate surface area is 148 Å². The number of carboxylic acids is 1. The number of hydrogen-bond donors (Lipinski definition) is 2. The quantitative estimate of drug-likeness (QED) is 0.253. The van der Waals surface area contributed by atoms with E-state index in [1.807, 2.05) is 0 Å². The zero-order valence-corrected chi connectivity index (χ0v) is 15.8. The fourth-order valence-corrected chi connectivity index (χ4v) is 2.86. The summed E-state index contributed by atoms with van der Waals surface area (Å²) in [7, 11) is 0. The van der Waals surface area contributed by atoms with Crippen molar-refractivity contribution in [1.29, 1.82) is 0 Å². The Morgan fingerprint density at radius 1 is 0.667 bits per heavy atom. The second-order valence-electron chi connectivity index (χ2n) is 6.82. The summed E-state index contributed by atoms with van der Waals surface area (Å²) in [5.41, 5.74) is 0. The van der Waals surface area contributed by atoms with Crippen molar-refractivity contribution in [1.82, 2.24) is 5.32 Å². The predicted octanol–water partition coefficient (Wildman–Crippen LogP) is 5.10.